The quantitative estimate of drug-likeness (QED) is 0.744. The maximum atomic E-state index is 11.5. The summed E-state index contributed by atoms with van der Waals surface area (Å²) in [5.74, 6) is 3.40. The number of nitrogens with zero attached hydrogens (tertiary/aromatic N) is 1. The van der Waals surface area contributed by atoms with Crippen LogP contribution >= 0.6 is 0 Å². The Balaban J connectivity index is 2.09. The smallest absolute Gasteiger partial charge is 0.211 e. The van der Waals surface area contributed by atoms with Gasteiger partial charge in [0.1, 0.15) is 0 Å². The fourth-order valence-corrected chi connectivity index (χ4v) is 4.64. The highest BCUT2D eigenvalue weighted by atomic mass is 32.2. The molecule has 1 heterocycles. The van der Waals surface area contributed by atoms with Crippen LogP contribution in [0.5, 0.6) is 0 Å². The van der Waals surface area contributed by atoms with Crippen molar-refractivity contribution in [3.05, 3.63) is 0 Å². The van der Waals surface area contributed by atoms with Gasteiger partial charge >= 0.3 is 0 Å². The molecule has 94 valence electrons. The Morgan fingerprint density at radius 1 is 1.25 bits per heavy atom. The molecule has 2 fully saturated rings. The summed E-state index contributed by atoms with van der Waals surface area (Å²) in [6.45, 7) is 8.40. The van der Waals surface area contributed by atoms with Gasteiger partial charge in [0, 0.05) is 13.1 Å². The van der Waals surface area contributed by atoms with Crippen molar-refractivity contribution in [2.24, 2.45) is 29.6 Å². The van der Waals surface area contributed by atoms with Crippen molar-refractivity contribution in [3.63, 3.8) is 0 Å². The molecule has 2 aliphatic rings. The average molecular weight is 245 g/mol. The van der Waals surface area contributed by atoms with Crippen LogP contribution < -0.4 is 0 Å². The van der Waals surface area contributed by atoms with Gasteiger partial charge in [-0.15, -0.1) is 0 Å². The minimum atomic E-state index is -2.97. The van der Waals surface area contributed by atoms with Gasteiger partial charge in [0.2, 0.25) is 10.0 Å². The second-order valence-corrected chi connectivity index (χ2v) is 7.99. The summed E-state index contributed by atoms with van der Waals surface area (Å²) in [6.07, 6.45) is 2.55. The van der Waals surface area contributed by atoms with E-state index in [1.807, 2.05) is 0 Å². The molecule has 4 atom stereocenters. The molecule has 0 aromatic heterocycles. The van der Waals surface area contributed by atoms with Crippen molar-refractivity contribution in [2.45, 2.75) is 27.2 Å². The third-order valence-electron chi connectivity index (χ3n) is 4.71. The van der Waals surface area contributed by atoms with E-state index in [1.54, 1.807) is 4.31 Å². The van der Waals surface area contributed by atoms with Crippen molar-refractivity contribution in [1.82, 2.24) is 4.31 Å². The molecule has 3 nitrogen and oxygen atoms in total. The summed E-state index contributed by atoms with van der Waals surface area (Å²) in [5, 5.41) is 0. The predicted octanol–water partition coefficient (Wildman–Crippen LogP) is 1.81. The number of sulfonamides is 1. The Morgan fingerprint density at radius 3 is 2.31 bits per heavy atom. The van der Waals surface area contributed by atoms with Gasteiger partial charge in [0.15, 0.2) is 0 Å². The van der Waals surface area contributed by atoms with Crippen LogP contribution in [0.15, 0.2) is 0 Å². The zero-order valence-electron chi connectivity index (χ0n) is 10.7. The molecule has 1 saturated carbocycles. The normalized spacial score (nSPS) is 40.6. The molecule has 16 heavy (non-hydrogen) atoms. The highest BCUT2D eigenvalue weighted by Crippen LogP contribution is 2.48. The van der Waals surface area contributed by atoms with Gasteiger partial charge in [-0.05, 0) is 36.0 Å². The summed E-state index contributed by atoms with van der Waals surface area (Å²) in [5.41, 5.74) is 0. The van der Waals surface area contributed by atoms with Crippen molar-refractivity contribution < 1.29 is 8.42 Å². The van der Waals surface area contributed by atoms with Gasteiger partial charge in [-0.25, -0.2) is 12.7 Å². The largest absolute Gasteiger partial charge is 0.213 e. The van der Waals surface area contributed by atoms with Crippen LogP contribution in [-0.4, -0.2) is 32.1 Å². The SMILES string of the molecule is CC(C)[C@@H]1C[C@@H]2CN(S(C)(=O)=O)C[C@@H]2[C@H]1C. The Bertz CT molecular complexity index is 363. The Morgan fingerprint density at radius 2 is 1.88 bits per heavy atom. The third kappa shape index (κ3) is 2.02. The zero-order chi connectivity index (χ0) is 12.1. The van der Waals surface area contributed by atoms with E-state index in [2.05, 4.69) is 20.8 Å². The summed E-state index contributed by atoms with van der Waals surface area (Å²) in [7, 11) is -2.97. The highest BCUT2D eigenvalue weighted by molar-refractivity contribution is 7.88. The van der Waals surface area contributed by atoms with Crippen LogP contribution in [-0.2, 0) is 10.0 Å². The first-order valence-corrected chi connectivity index (χ1v) is 8.10. The zero-order valence-corrected chi connectivity index (χ0v) is 11.5. The van der Waals surface area contributed by atoms with Gasteiger partial charge in [-0.1, -0.05) is 20.8 Å². The lowest BCUT2D eigenvalue weighted by atomic mass is 9.84. The van der Waals surface area contributed by atoms with Crippen molar-refractivity contribution >= 4 is 10.0 Å². The molecular formula is C12H23NO2S. The highest BCUT2D eigenvalue weighted by Gasteiger charge is 2.48. The van der Waals surface area contributed by atoms with E-state index in [-0.39, 0.29) is 0 Å². The molecule has 0 spiro atoms. The standard InChI is InChI=1S/C12H23NO2S/c1-8(2)11-5-10-6-13(16(4,14)15)7-12(10)9(11)3/h8-12H,5-7H2,1-4H3/t9-,10+,11-,12+/m0/s1. The first kappa shape index (κ1) is 12.4. The molecule has 1 aliphatic heterocycles. The van der Waals surface area contributed by atoms with E-state index in [9.17, 15) is 8.42 Å². The van der Waals surface area contributed by atoms with Crippen LogP contribution in [0.1, 0.15) is 27.2 Å². The van der Waals surface area contributed by atoms with Gasteiger partial charge in [0.25, 0.3) is 0 Å². The maximum Gasteiger partial charge on any atom is 0.211 e. The lowest BCUT2D eigenvalue weighted by molar-refractivity contribution is 0.261. The first-order chi connectivity index (χ1) is 7.30. The minimum absolute atomic E-state index is 0.599. The third-order valence-corrected chi connectivity index (χ3v) is 5.95. The minimum Gasteiger partial charge on any atom is -0.213 e. The molecule has 0 radical (unpaired) electrons. The van der Waals surface area contributed by atoms with Gasteiger partial charge in [0.05, 0.1) is 6.26 Å². The van der Waals surface area contributed by atoms with Crippen molar-refractivity contribution in [1.29, 1.82) is 0 Å². The van der Waals surface area contributed by atoms with E-state index in [0.29, 0.717) is 17.8 Å². The van der Waals surface area contributed by atoms with Gasteiger partial charge in [-0.2, -0.15) is 0 Å². The van der Waals surface area contributed by atoms with Crippen LogP contribution in [0.3, 0.4) is 0 Å². The Kier molecular flexibility index (Phi) is 3.08. The Labute approximate surface area is 99.3 Å². The monoisotopic (exact) mass is 245 g/mol. The predicted molar refractivity (Wildman–Crippen MR) is 65.5 cm³/mol. The van der Waals surface area contributed by atoms with E-state index >= 15 is 0 Å². The Hall–Kier alpha value is -0.0900. The number of fused-ring (bicyclic) bond motifs is 1. The molecular weight excluding hydrogens is 222 g/mol. The molecule has 0 aromatic rings. The van der Waals surface area contributed by atoms with Crippen LogP contribution in [0.4, 0.5) is 0 Å². The van der Waals surface area contributed by atoms with Gasteiger partial charge < -0.3 is 0 Å². The van der Waals surface area contributed by atoms with Crippen molar-refractivity contribution in [3.8, 4) is 0 Å². The second kappa shape index (κ2) is 3.98. The lowest BCUT2D eigenvalue weighted by Crippen LogP contribution is -2.30. The molecule has 0 N–H and O–H groups in total. The molecule has 0 aromatic carbocycles. The summed E-state index contributed by atoms with van der Waals surface area (Å²) >= 11 is 0. The lowest BCUT2D eigenvalue weighted by Gasteiger charge is -2.24. The van der Waals surface area contributed by atoms with Crippen molar-refractivity contribution in [2.75, 3.05) is 19.3 Å². The molecule has 1 aliphatic carbocycles. The van der Waals surface area contributed by atoms with E-state index in [1.165, 1.54) is 12.7 Å². The molecule has 4 heteroatoms. The summed E-state index contributed by atoms with van der Waals surface area (Å²) < 4.78 is 24.7. The molecule has 0 amide bonds. The number of hydrogen-bond acceptors (Lipinski definition) is 2. The van der Waals surface area contributed by atoms with E-state index < -0.39 is 10.0 Å². The number of rotatable bonds is 2. The molecule has 0 bridgehead atoms. The first-order valence-electron chi connectivity index (χ1n) is 6.25. The van der Waals surface area contributed by atoms with Crippen LogP contribution in [0.25, 0.3) is 0 Å². The topological polar surface area (TPSA) is 37.4 Å². The maximum absolute atomic E-state index is 11.5. The number of hydrogen-bond donors (Lipinski definition) is 0. The van der Waals surface area contributed by atoms with Crippen LogP contribution in [0.2, 0.25) is 0 Å². The molecule has 0 unspecified atom stereocenters. The molecule has 1 saturated heterocycles. The second-order valence-electron chi connectivity index (χ2n) is 6.01. The summed E-state index contributed by atoms with van der Waals surface area (Å²) in [6, 6.07) is 0. The van der Waals surface area contributed by atoms with Crippen LogP contribution in [0, 0.1) is 29.6 Å². The fraction of sp³-hybridized carbons (Fsp3) is 1.00. The molecule has 2 rings (SSSR count). The van der Waals surface area contributed by atoms with Gasteiger partial charge in [-0.3, -0.25) is 0 Å². The average Bonchev–Trinajstić information content (AvgIpc) is 2.64. The van der Waals surface area contributed by atoms with E-state index in [4.69, 9.17) is 0 Å². The fourth-order valence-electron chi connectivity index (χ4n) is 3.73. The van der Waals surface area contributed by atoms with E-state index in [0.717, 1.165) is 24.9 Å². The summed E-state index contributed by atoms with van der Waals surface area (Å²) in [4.78, 5) is 0.